The van der Waals surface area contributed by atoms with Crippen LogP contribution in [-0.2, 0) is 9.59 Å². The molecular weight excluding hydrogens is 402 g/mol. The third-order valence-corrected chi connectivity index (χ3v) is 4.50. The second-order valence-corrected chi connectivity index (χ2v) is 6.66. The Kier molecular flexibility index (Phi) is 5.78. The molecule has 1 fully saturated rings. The van der Waals surface area contributed by atoms with Crippen LogP contribution in [0.15, 0.2) is 21.1 Å². The van der Waals surface area contributed by atoms with Crippen LogP contribution in [0.3, 0.4) is 0 Å². The lowest BCUT2D eigenvalue weighted by atomic mass is 10.2. The Labute approximate surface area is 140 Å². The molecule has 21 heavy (non-hydrogen) atoms. The van der Waals surface area contributed by atoms with E-state index in [1.807, 2.05) is 19.1 Å². The van der Waals surface area contributed by atoms with Gasteiger partial charge in [-0.25, -0.2) is 0 Å². The number of anilines is 1. The van der Waals surface area contributed by atoms with E-state index in [2.05, 4.69) is 42.5 Å². The van der Waals surface area contributed by atoms with Crippen LogP contribution in [0.1, 0.15) is 12.0 Å². The van der Waals surface area contributed by atoms with E-state index in [4.69, 9.17) is 0 Å². The van der Waals surface area contributed by atoms with Crippen LogP contribution in [0.4, 0.5) is 5.69 Å². The highest BCUT2D eigenvalue weighted by Crippen LogP contribution is 2.32. The van der Waals surface area contributed by atoms with E-state index in [0.29, 0.717) is 18.8 Å². The number of carbonyl (C=O) groups excluding carboxylic acids is 2. The lowest BCUT2D eigenvalue weighted by Crippen LogP contribution is -2.41. The highest BCUT2D eigenvalue weighted by Gasteiger charge is 2.23. The van der Waals surface area contributed by atoms with Crippen molar-refractivity contribution in [3.8, 4) is 0 Å². The predicted octanol–water partition coefficient (Wildman–Crippen LogP) is 2.28. The Hall–Kier alpha value is -0.920. The van der Waals surface area contributed by atoms with Crippen molar-refractivity contribution in [2.24, 2.45) is 0 Å². The number of aryl methyl sites for hydroxylation is 1. The van der Waals surface area contributed by atoms with Crippen LogP contribution in [0.25, 0.3) is 0 Å². The Bertz CT molecular complexity index is 532. The summed E-state index contributed by atoms with van der Waals surface area (Å²) in [6.45, 7) is 4.71. The quantitative estimate of drug-likeness (QED) is 0.687. The van der Waals surface area contributed by atoms with Crippen molar-refractivity contribution < 1.29 is 9.59 Å². The Morgan fingerprint density at radius 3 is 2.52 bits per heavy atom. The van der Waals surface area contributed by atoms with Crippen molar-refractivity contribution in [3.63, 3.8) is 0 Å². The molecule has 0 aliphatic carbocycles. The fraction of sp³-hybridized carbons (Fsp3) is 0.429. The van der Waals surface area contributed by atoms with Gasteiger partial charge < -0.3 is 15.5 Å². The van der Waals surface area contributed by atoms with Crippen LogP contribution in [0.5, 0.6) is 0 Å². The predicted molar refractivity (Wildman–Crippen MR) is 89.3 cm³/mol. The van der Waals surface area contributed by atoms with E-state index in [9.17, 15) is 9.59 Å². The third-order valence-electron chi connectivity index (χ3n) is 3.25. The van der Waals surface area contributed by atoms with Crippen LogP contribution in [-0.4, -0.2) is 42.9 Å². The second-order valence-electron chi connectivity index (χ2n) is 4.95. The first-order valence-electron chi connectivity index (χ1n) is 6.75. The minimum Gasteiger partial charge on any atom is -0.333 e. The molecule has 0 bridgehead atoms. The fourth-order valence-corrected chi connectivity index (χ4v) is 3.79. The molecule has 0 spiro atoms. The maximum absolute atomic E-state index is 12.2. The van der Waals surface area contributed by atoms with E-state index >= 15 is 0 Å². The lowest BCUT2D eigenvalue weighted by Gasteiger charge is -2.19. The van der Waals surface area contributed by atoms with E-state index < -0.39 is 11.8 Å². The molecule has 1 aliphatic heterocycles. The molecule has 0 unspecified atom stereocenters. The standard InChI is InChI=1S/C14H17Br2N3O2/c1-9-7-10(15)12(11(16)8-9)18-13(20)14(21)19-5-2-3-17-4-6-19/h7-8,17H,2-6H2,1H3,(H,18,20). The van der Waals surface area contributed by atoms with Crippen LogP contribution in [0.2, 0.25) is 0 Å². The number of halogens is 2. The van der Waals surface area contributed by atoms with Gasteiger partial charge in [-0.1, -0.05) is 0 Å². The molecule has 2 rings (SSSR count). The summed E-state index contributed by atoms with van der Waals surface area (Å²) in [6.07, 6.45) is 0.858. The van der Waals surface area contributed by atoms with Crippen molar-refractivity contribution in [1.29, 1.82) is 0 Å². The zero-order valence-corrected chi connectivity index (χ0v) is 14.9. The molecule has 114 valence electrons. The molecule has 0 radical (unpaired) electrons. The Balaban J connectivity index is 2.08. The molecule has 5 nitrogen and oxygen atoms in total. The van der Waals surface area contributed by atoms with Crippen molar-refractivity contribution in [1.82, 2.24) is 10.2 Å². The molecule has 2 amide bonds. The van der Waals surface area contributed by atoms with Crippen molar-refractivity contribution in [2.45, 2.75) is 13.3 Å². The Morgan fingerprint density at radius 2 is 1.86 bits per heavy atom. The number of nitrogens with one attached hydrogen (secondary N) is 2. The van der Waals surface area contributed by atoms with Gasteiger partial charge in [0.15, 0.2) is 0 Å². The number of hydrogen-bond acceptors (Lipinski definition) is 3. The molecule has 1 aromatic rings. The number of benzene rings is 1. The van der Waals surface area contributed by atoms with Gasteiger partial charge in [0.2, 0.25) is 0 Å². The first kappa shape index (κ1) is 16.5. The van der Waals surface area contributed by atoms with Crippen molar-refractivity contribution in [3.05, 3.63) is 26.6 Å². The summed E-state index contributed by atoms with van der Waals surface area (Å²) >= 11 is 6.81. The average Bonchev–Trinajstić information content (AvgIpc) is 2.70. The lowest BCUT2D eigenvalue weighted by molar-refractivity contribution is -0.143. The minimum absolute atomic E-state index is 0.488. The van der Waals surface area contributed by atoms with Crippen LogP contribution >= 0.6 is 31.9 Å². The Morgan fingerprint density at radius 1 is 1.19 bits per heavy atom. The summed E-state index contributed by atoms with van der Waals surface area (Å²) < 4.78 is 1.49. The first-order valence-corrected chi connectivity index (χ1v) is 8.34. The molecule has 1 saturated heterocycles. The SMILES string of the molecule is Cc1cc(Br)c(NC(=O)C(=O)N2CCCNCC2)c(Br)c1. The number of nitrogens with zero attached hydrogens (tertiary/aromatic N) is 1. The van der Waals surface area contributed by atoms with Gasteiger partial charge >= 0.3 is 11.8 Å². The summed E-state index contributed by atoms with van der Waals surface area (Å²) in [6, 6.07) is 3.78. The summed E-state index contributed by atoms with van der Waals surface area (Å²) in [5, 5.41) is 5.88. The number of hydrogen-bond donors (Lipinski definition) is 2. The van der Waals surface area contributed by atoms with E-state index in [1.165, 1.54) is 0 Å². The van der Waals surface area contributed by atoms with Crippen molar-refractivity contribution in [2.75, 3.05) is 31.5 Å². The zero-order valence-electron chi connectivity index (χ0n) is 11.7. The summed E-state index contributed by atoms with van der Waals surface area (Å²) in [5.74, 6) is -1.10. The van der Waals surface area contributed by atoms with Gasteiger partial charge in [0, 0.05) is 28.6 Å². The molecule has 1 heterocycles. The molecule has 2 N–H and O–H groups in total. The van der Waals surface area contributed by atoms with Gasteiger partial charge in [-0.15, -0.1) is 0 Å². The molecule has 0 atom stereocenters. The van der Waals surface area contributed by atoms with Gasteiger partial charge in [-0.2, -0.15) is 0 Å². The maximum atomic E-state index is 12.2. The normalized spacial score (nSPS) is 15.5. The number of rotatable bonds is 1. The topological polar surface area (TPSA) is 61.4 Å². The van der Waals surface area contributed by atoms with E-state index in [1.54, 1.807) is 4.90 Å². The minimum atomic E-state index is -0.609. The van der Waals surface area contributed by atoms with Gasteiger partial charge in [-0.3, -0.25) is 9.59 Å². The maximum Gasteiger partial charge on any atom is 0.313 e. The summed E-state index contributed by atoms with van der Waals surface area (Å²) in [4.78, 5) is 25.9. The average molecular weight is 419 g/mol. The van der Waals surface area contributed by atoms with Crippen LogP contribution < -0.4 is 10.6 Å². The van der Waals surface area contributed by atoms with E-state index in [0.717, 1.165) is 34.0 Å². The molecular formula is C14H17Br2N3O2. The van der Waals surface area contributed by atoms with Crippen LogP contribution in [0, 0.1) is 6.92 Å². The molecule has 0 aromatic heterocycles. The highest BCUT2D eigenvalue weighted by atomic mass is 79.9. The van der Waals surface area contributed by atoms with Gasteiger partial charge in [0.1, 0.15) is 0 Å². The molecule has 7 heteroatoms. The summed E-state index contributed by atoms with van der Waals surface area (Å²) in [7, 11) is 0. The molecule has 1 aliphatic rings. The summed E-state index contributed by atoms with van der Waals surface area (Å²) in [5.41, 5.74) is 1.63. The van der Waals surface area contributed by atoms with Gasteiger partial charge in [0.25, 0.3) is 0 Å². The first-order chi connectivity index (χ1) is 9.99. The molecule has 0 saturated carbocycles. The number of carbonyl (C=O) groups is 2. The van der Waals surface area contributed by atoms with Crippen molar-refractivity contribution >= 4 is 49.4 Å². The molecule has 1 aromatic carbocycles. The third kappa shape index (κ3) is 4.28. The van der Waals surface area contributed by atoms with E-state index in [-0.39, 0.29) is 0 Å². The smallest absolute Gasteiger partial charge is 0.313 e. The second kappa shape index (κ2) is 7.38. The fourth-order valence-electron chi connectivity index (χ4n) is 2.18. The zero-order chi connectivity index (χ0) is 15.4. The highest BCUT2D eigenvalue weighted by molar-refractivity contribution is 9.11. The van der Waals surface area contributed by atoms with Gasteiger partial charge in [0.05, 0.1) is 5.69 Å². The largest absolute Gasteiger partial charge is 0.333 e. The monoisotopic (exact) mass is 417 g/mol. The van der Waals surface area contributed by atoms with Gasteiger partial charge in [-0.05, 0) is 69.4 Å². The number of amides is 2.